The second-order valence-corrected chi connectivity index (χ2v) is 9.30. The van der Waals surface area contributed by atoms with Crippen molar-refractivity contribution in [3.63, 3.8) is 0 Å². The van der Waals surface area contributed by atoms with Gasteiger partial charge in [-0.15, -0.1) is 24.2 Å². The second kappa shape index (κ2) is 11.3. The van der Waals surface area contributed by atoms with Gasteiger partial charge in [-0.1, -0.05) is 29.5 Å². The van der Waals surface area contributed by atoms with Gasteiger partial charge in [0.15, 0.2) is 5.13 Å². The summed E-state index contributed by atoms with van der Waals surface area (Å²) in [5.74, 6) is 0.0181. The summed E-state index contributed by atoms with van der Waals surface area (Å²) >= 11 is 3.24. The van der Waals surface area contributed by atoms with E-state index in [-0.39, 0.29) is 18.3 Å². The lowest BCUT2D eigenvalue weighted by molar-refractivity contribution is 0.0376. The number of aromatic nitrogens is 1. The highest BCUT2D eigenvalue weighted by Crippen LogP contribution is 2.32. The predicted molar refractivity (Wildman–Crippen MR) is 133 cm³/mol. The highest BCUT2D eigenvalue weighted by molar-refractivity contribution is 7.98. The molecule has 1 saturated heterocycles. The molecule has 1 amide bonds. The molecule has 1 aromatic heterocycles. The van der Waals surface area contributed by atoms with E-state index >= 15 is 0 Å². The number of para-hydroxylation sites is 1. The molecule has 0 aliphatic carbocycles. The molecule has 0 atom stereocenters. The number of carbonyl (C=O) groups is 1. The second-order valence-electron chi connectivity index (χ2n) is 7.41. The Morgan fingerprint density at radius 2 is 2.00 bits per heavy atom. The Morgan fingerprint density at radius 1 is 1.23 bits per heavy atom. The molecule has 2 aromatic carbocycles. The molecule has 1 aliphatic rings. The number of anilines is 1. The number of thiazole rings is 1. The van der Waals surface area contributed by atoms with Crippen LogP contribution in [0.4, 0.5) is 5.13 Å². The molecule has 4 rings (SSSR count). The number of carbonyl (C=O) groups excluding carboxylic acids is 1. The zero-order valence-electron chi connectivity index (χ0n) is 17.9. The Kier molecular flexibility index (Phi) is 8.75. The molecule has 0 bridgehead atoms. The number of halogens is 1. The van der Waals surface area contributed by atoms with Crippen molar-refractivity contribution in [1.82, 2.24) is 9.88 Å². The Hall–Kier alpha value is -1.64. The summed E-state index contributed by atoms with van der Waals surface area (Å²) in [4.78, 5) is 23.7. The summed E-state index contributed by atoms with van der Waals surface area (Å²) in [5.41, 5.74) is 2.84. The average molecular weight is 478 g/mol. The maximum atomic E-state index is 13.5. The molecule has 0 unspecified atom stereocenters. The molecule has 0 N–H and O–H groups in total. The van der Waals surface area contributed by atoms with E-state index in [1.807, 2.05) is 41.5 Å². The maximum absolute atomic E-state index is 13.5. The third kappa shape index (κ3) is 5.79. The number of benzene rings is 2. The van der Waals surface area contributed by atoms with Gasteiger partial charge in [0.05, 0.1) is 23.4 Å². The van der Waals surface area contributed by atoms with Crippen molar-refractivity contribution in [3.05, 3.63) is 53.6 Å². The number of fused-ring (bicyclic) bond motifs is 1. The molecule has 31 heavy (non-hydrogen) atoms. The van der Waals surface area contributed by atoms with E-state index in [1.54, 1.807) is 23.1 Å². The van der Waals surface area contributed by atoms with Gasteiger partial charge in [0.1, 0.15) is 0 Å². The van der Waals surface area contributed by atoms with Gasteiger partial charge in [0.2, 0.25) is 0 Å². The number of nitrogens with zero attached hydrogens (tertiary/aromatic N) is 3. The molecular formula is C23H28ClN3O2S2. The number of thioether (sulfide) groups is 1. The quantitative estimate of drug-likeness (QED) is 0.442. The maximum Gasteiger partial charge on any atom is 0.260 e. The first-order valence-corrected chi connectivity index (χ1v) is 12.3. The molecule has 166 valence electrons. The minimum atomic E-state index is 0. The molecule has 8 heteroatoms. The van der Waals surface area contributed by atoms with Crippen molar-refractivity contribution in [1.29, 1.82) is 0 Å². The van der Waals surface area contributed by atoms with E-state index in [1.165, 1.54) is 0 Å². The van der Waals surface area contributed by atoms with Crippen LogP contribution in [-0.4, -0.2) is 61.4 Å². The number of rotatable bonds is 7. The predicted octanol–water partition coefficient (Wildman–Crippen LogP) is 5.12. The van der Waals surface area contributed by atoms with Gasteiger partial charge >= 0.3 is 0 Å². The van der Waals surface area contributed by atoms with Crippen LogP contribution in [0.2, 0.25) is 0 Å². The van der Waals surface area contributed by atoms with Crippen molar-refractivity contribution < 1.29 is 9.53 Å². The molecule has 3 aromatic rings. The van der Waals surface area contributed by atoms with E-state index in [4.69, 9.17) is 9.72 Å². The zero-order valence-corrected chi connectivity index (χ0v) is 20.3. The van der Waals surface area contributed by atoms with Gasteiger partial charge in [-0.05, 0) is 49.4 Å². The highest BCUT2D eigenvalue weighted by Gasteiger charge is 2.22. The summed E-state index contributed by atoms with van der Waals surface area (Å²) in [6.07, 6.45) is 2.93. The van der Waals surface area contributed by atoms with Crippen LogP contribution in [0.3, 0.4) is 0 Å². The summed E-state index contributed by atoms with van der Waals surface area (Å²) in [6.45, 7) is 7.19. The van der Waals surface area contributed by atoms with E-state index in [0.29, 0.717) is 12.1 Å². The van der Waals surface area contributed by atoms with E-state index < -0.39 is 0 Å². The highest BCUT2D eigenvalue weighted by atomic mass is 35.5. The normalized spacial score (nSPS) is 14.4. The number of hydrogen-bond donors (Lipinski definition) is 0. The molecule has 0 spiro atoms. The Morgan fingerprint density at radius 3 is 2.74 bits per heavy atom. The van der Waals surface area contributed by atoms with Gasteiger partial charge in [-0.2, -0.15) is 0 Å². The fourth-order valence-electron chi connectivity index (χ4n) is 3.66. The Balaban J connectivity index is 0.00000272. The molecule has 2 heterocycles. The third-order valence-corrected chi connectivity index (χ3v) is 7.13. The zero-order chi connectivity index (χ0) is 20.9. The van der Waals surface area contributed by atoms with Crippen LogP contribution in [0.1, 0.15) is 22.3 Å². The van der Waals surface area contributed by atoms with E-state index in [2.05, 4.69) is 24.0 Å². The van der Waals surface area contributed by atoms with Gasteiger partial charge in [-0.25, -0.2) is 4.98 Å². The largest absolute Gasteiger partial charge is 0.379 e. The molecular weight excluding hydrogens is 450 g/mol. The minimum Gasteiger partial charge on any atom is -0.379 e. The van der Waals surface area contributed by atoms with Gasteiger partial charge < -0.3 is 4.74 Å². The van der Waals surface area contributed by atoms with E-state index in [9.17, 15) is 4.79 Å². The number of ether oxygens (including phenoxy) is 1. The molecule has 0 saturated carbocycles. The molecule has 5 nitrogen and oxygen atoms in total. The minimum absolute atomic E-state index is 0. The lowest BCUT2D eigenvalue weighted by Gasteiger charge is -2.27. The lowest BCUT2D eigenvalue weighted by atomic mass is 10.2. The summed E-state index contributed by atoms with van der Waals surface area (Å²) in [5, 5.41) is 0.779. The monoisotopic (exact) mass is 477 g/mol. The molecule has 1 aliphatic heterocycles. The van der Waals surface area contributed by atoms with Crippen LogP contribution in [0.25, 0.3) is 10.2 Å². The number of amides is 1. The first-order valence-electron chi connectivity index (χ1n) is 10.3. The number of morpholine rings is 1. The van der Waals surface area contributed by atoms with Crippen molar-refractivity contribution in [3.8, 4) is 0 Å². The van der Waals surface area contributed by atoms with Gasteiger partial charge in [0.25, 0.3) is 5.91 Å². The van der Waals surface area contributed by atoms with Gasteiger partial charge in [-0.3, -0.25) is 14.6 Å². The first kappa shape index (κ1) is 24.0. The Bertz CT molecular complexity index is 1020. The standard InChI is InChI=1S/C23H27N3O2S2.ClH/c1-17-6-3-9-20-21(17)24-23(30-20)26(11-5-10-25-12-14-28-15-13-25)22(27)18-7-4-8-19(16-18)29-2;/h3-4,6-9,16H,5,10-15H2,1-2H3;1H. The van der Waals surface area contributed by atoms with Crippen LogP contribution in [0.5, 0.6) is 0 Å². The topological polar surface area (TPSA) is 45.7 Å². The first-order chi connectivity index (χ1) is 14.7. The SMILES string of the molecule is CSc1cccc(C(=O)N(CCCN2CCOCC2)c2nc3c(C)cccc3s2)c1.Cl. The summed E-state index contributed by atoms with van der Waals surface area (Å²) in [6, 6.07) is 14.0. The van der Waals surface area contributed by atoms with E-state index in [0.717, 1.165) is 65.1 Å². The van der Waals surface area contributed by atoms with Crippen molar-refractivity contribution in [2.45, 2.75) is 18.2 Å². The van der Waals surface area contributed by atoms with Crippen LogP contribution < -0.4 is 4.90 Å². The number of aryl methyl sites for hydroxylation is 1. The smallest absolute Gasteiger partial charge is 0.260 e. The molecule has 1 fully saturated rings. The average Bonchev–Trinajstić information content (AvgIpc) is 3.22. The van der Waals surface area contributed by atoms with Crippen molar-refractivity contribution in [2.24, 2.45) is 0 Å². The fraction of sp³-hybridized carbons (Fsp3) is 0.391. The molecule has 0 radical (unpaired) electrons. The van der Waals surface area contributed by atoms with Crippen molar-refractivity contribution in [2.75, 3.05) is 50.5 Å². The third-order valence-electron chi connectivity index (χ3n) is 5.36. The number of hydrogen-bond acceptors (Lipinski definition) is 6. The van der Waals surface area contributed by atoms with Crippen LogP contribution in [0.15, 0.2) is 47.4 Å². The summed E-state index contributed by atoms with van der Waals surface area (Å²) < 4.78 is 6.56. The van der Waals surface area contributed by atoms with Crippen LogP contribution in [0, 0.1) is 6.92 Å². The van der Waals surface area contributed by atoms with Crippen LogP contribution in [-0.2, 0) is 4.74 Å². The fourth-order valence-corrected chi connectivity index (χ4v) is 5.19. The van der Waals surface area contributed by atoms with Crippen LogP contribution >= 0.6 is 35.5 Å². The van der Waals surface area contributed by atoms with Gasteiger partial charge in [0, 0.05) is 36.6 Å². The summed E-state index contributed by atoms with van der Waals surface area (Å²) in [7, 11) is 0. The lowest BCUT2D eigenvalue weighted by Crippen LogP contribution is -2.39. The Labute approximate surface area is 198 Å². The van der Waals surface area contributed by atoms with Crippen molar-refractivity contribution >= 4 is 56.8 Å².